The summed E-state index contributed by atoms with van der Waals surface area (Å²) in [4.78, 5) is 4.29. The largest absolute Gasteiger partial charge is 0.311 e. The van der Waals surface area contributed by atoms with E-state index in [9.17, 15) is 0 Å². The average molecular weight is 168 g/mol. The molecule has 0 radical (unpaired) electrons. The first-order chi connectivity index (χ1) is 5.72. The zero-order valence-electron chi connectivity index (χ0n) is 8.65. The molecular weight excluding hydrogens is 148 g/mol. The van der Waals surface area contributed by atoms with Gasteiger partial charge in [0.2, 0.25) is 0 Å². The summed E-state index contributed by atoms with van der Waals surface area (Å²) in [6.07, 6.45) is 3.02. The molecule has 2 heteroatoms. The summed E-state index contributed by atoms with van der Waals surface area (Å²) in [5.41, 5.74) is 2.45. The number of aliphatic imine (C=N–C) groups is 1. The molecule has 0 atom stereocenters. The van der Waals surface area contributed by atoms with Gasteiger partial charge in [0.1, 0.15) is 0 Å². The summed E-state index contributed by atoms with van der Waals surface area (Å²) in [5.74, 6) is 0. The van der Waals surface area contributed by atoms with Crippen molar-refractivity contribution in [2.45, 2.75) is 34.1 Å². The molecule has 0 aliphatic rings. The van der Waals surface area contributed by atoms with Gasteiger partial charge < -0.3 is 5.32 Å². The first-order valence-electron chi connectivity index (χ1n) is 4.58. The van der Waals surface area contributed by atoms with Gasteiger partial charge in [0.15, 0.2) is 0 Å². The maximum Gasteiger partial charge on any atom is 0.0524 e. The van der Waals surface area contributed by atoms with Gasteiger partial charge in [-0.2, -0.15) is 0 Å². The van der Waals surface area contributed by atoms with Crippen LogP contribution in [0, 0.1) is 0 Å². The second kappa shape index (κ2) is 7.04. The van der Waals surface area contributed by atoms with Gasteiger partial charge in [0.05, 0.1) is 5.70 Å². The number of nitrogens with zero attached hydrogens (tertiary/aromatic N) is 1. The van der Waals surface area contributed by atoms with Crippen LogP contribution in [0.2, 0.25) is 0 Å². The van der Waals surface area contributed by atoms with Gasteiger partial charge in [-0.15, -0.1) is 0 Å². The van der Waals surface area contributed by atoms with Crippen LogP contribution in [-0.4, -0.2) is 19.3 Å². The minimum Gasteiger partial charge on any atom is -0.311 e. The second-order valence-electron chi connectivity index (χ2n) is 3.01. The lowest BCUT2D eigenvalue weighted by Crippen LogP contribution is -2.17. The molecule has 0 rings (SSSR count). The highest BCUT2D eigenvalue weighted by Crippen LogP contribution is 2.02. The fourth-order valence-electron chi connectivity index (χ4n) is 0.891. The molecule has 12 heavy (non-hydrogen) atoms. The number of rotatable bonds is 5. The molecule has 0 fully saturated rings. The van der Waals surface area contributed by atoms with Crippen molar-refractivity contribution in [2.75, 3.05) is 13.1 Å². The molecule has 0 aromatic heterocycles. The molecule has 0 aromatic carbocycles. The van der Waals surface area contributed by atoms with E-state index in [1.807, 2.05) is 13.1 Å². The van der Waals surface area contributed by atoms with Crippen molar-refractivity contribution in [1.29, 1.82) is 0 Å². The third kappa shape index (κ3) is 5.08. The van der Waals surface area contributed by atoms with Gasteiger partial charge in [0.25, 0.3) is 0 Å². The third-order valence-electron chi connectivity index (χ3n) is 1.58. The first-order valence-corrected chi connectivity index (χ1v) is 4.58. The summed E-state index contributed by atoms with van der Waals surface area (Å²) < 4.78 is 0. The molecule has 0 aliphatic carbocycles. The van der Waals surface area contributed by atoms with Crippen LogP contribution in [-0.2, 0) is 0 Å². The Labute approximate surface area is 75.8 Å². The van der Waals surface area contributed by atoms with Crippen LogP contribution < -0.4 is 5.32 Å². The molecule has 0 bridgehead atoms. The van der Waals surface area contributed by atoms with Gasteiger partial charge in [0, 0.05) is 12.8 Å². The Morgan fingerprint density at radius 1 is 1.42 bits per heavy atom. The van der Waals surface area contributed by atoms with E-state index in [4.69, 9.17) is 0 Å². The SMILES string of the molecule is CC=NC(CNCCC)=C(C)C. The van der Waals surface area contributed by atoms with Crippen molar-refractivity contribution in [3.05, 3.63) is 11.3 Å². The molecule has 0 saturated carbocycles. The van der Waals surface area contributed by atoms with Crippen molar-refractivity contribution in [3.8, 4) is 0 Å². The molecule has 2 nitrogen and oxygen atoms in total. The zero-order valence-corrected chi connectivity index (χ0v) is 8.65. The van der Waals surface area contributed by atoms with E-state index in [2.05, 4.69) is 31.1 Å². The van der Waals surface area contributed by atoms with Crippen LogP contribution in [0.4, 0.5) is 0 Å². The number of hydrogen-bond donors (Lipinski definition) is 1. The van der Waals surface area contributed by atoms with E-state index in [0.717, 1.165) is 18.8 Å². The second-order valence-corrected chi connectivity index (χ2v) is 3.01. The van der Waals surface area contributed by atoms with Gasteiger partial charge in [-0.05, 0) is 33.7 Å². The van der Waals surface area contributed by atoms with Crippen molar-refractivity contribution in [1.82, 2.24) is 5.32 Å². The van der Waals surface area contributed by atoms with E-state index in [1.165, 1.54) is 12.0 Å². The summed E-state index contributed by atoms with van der Waals surface area (Å²) in [7, 11) is 0. The highest BCUT2D eigenvalue weighted by molar-refractivity contribution is 5.55. The van der Waals surface area contributed by atoms with Gasteiger partial charge in [-0.3, -0.25) is 4.99 Å². The lowest BCUT2D eigenvalue weighted by molar-refractivity contribution is 0.707. The summed E-state index contributed by atoms with van der Waals surface area (Å²) in [6, 6.07) is 0. The minimum atomic E-state index is 0.889. The Bertz CT molecular complexity index is 165. The molecule has 0 saturated heterocycles. The topological polar surface area (TPSA) is 24.4 Å². The van der Waals surface area contributed by atoms with E-state index < -0.39 is 0 Å². The molecule has 0 heterocycles. The molecule has 0 unspecified atom stereocenters. The van der Waals surface area contributed by atoms with Crippen LogP contribution >= 0.6 is 0 Å². The van der Waals surface area contributed by atoms with Crippen molar-refractivity contribution >= 4 is 6.21 Å². The standard InChI is InChI=1S/C10H20N2/c1-5-7-11-8-10(9(3)4)12-6-2/h6,11H,5,7-8H2,1-4H3. The number of allylic oxidation sites excluding steroid dienone is 1. The highest BCUT2D eigenvalue weighted by atomic mass is 14.9. The molecular formula is C10H20N2. The monoisotopic (exact) mass is 168 g/mol. The molecule has 0 aromatic rings. The first kappa shape index (κ1) is 11.4. The van der Waals surface area contributed by atoms with Crippen LogP contribution in [0.5, 0.6) is 0 Å². The van der Waals surface area contributed by atoms with E-state index in [-0.39, 0.29) is 0 Å². The van der Waals surface area contributed by atoms with Gasteiger partial charge in [-0.25, -0.2) is 0 Å². The maximum atomic E-state index is 4.29. The lowest BCUT2D eigenvalue weighted by atomic mass is 10.2. The number of hydrogen-bond acceptors (Lipinski definition) is 2. The van der Waals surface area contributed by atoms with Crippen LogP contribution in [0.3, 0.4) is 0 Å². The van der Waals surface area contributed by atoms with Crippen LogP contribution in [0.1, 0.15) is 34.1 Å². The van der Waals surface area contributed by atoms with Crippen molar-refractivity contribution in [3.63, 3.8) is 0 Å². The number of nitrogens with one attached hydrogen (secondary N) is 1. The van der Waals surface area contributed by atoms with Crippen molar-refractivity contribution in [2.24, 2.45) is 4.99 Å². The fraction of sp³-hybridized carbons (Fsp3) is 0.700. The summed E-state index contributed by atoms with van der Waals surface area (Å²) >= 11 is 0. The van der Waals surface area contributed by atoms with Gasteiger partial charge >= 0.3 is 0 Å². The van der Waals surface area contributed by atoms with E-state index >= 15 is 0 Å². The molecule has 0 amide bonds. The quantitative estimate of drug-likeness (QED) is 0.494. The lowest BCUT2D eigenvalue weighted by Gasteiger charge is -2.05. The minimum absolute atomic E-state index is 0.889. The Hall–Kier alpha value is -0.630. The predicted octanol–water partition coefficient (Wildman–Crippen LogP) is 2.37. The highest BCUT2D eigenvalue weighted by Gasteiger charge is 1.94. The van der Waals surface area contributed by atoms with Gasteiger partial charge in [-0.1, -0.05) is 12.5 Å². The van der Waals surface area contributed by atoms with Crippen LogP contribution in [0.15, 0.2) is 16.3 Å². The van der Waals surface area contributed by atoms with E-state index in [1.54, 1.807) is 0 Å². The maximum absolute atomic E-state index is 4.29. The average Bonchev–Trinajstić information content (AvgIpc) is 2.03. The van der Waals surface area contributed by atoms with E-state index in [0.29, 0.717) is 0 Å². The summed E-state index contributed by atoms with van der Waals surface area (Å²) in [6.45, 7) is 10.3. The third-order valence-corrected chi connectivity index (χ3v) is 1.58. The Morgan fingerprint density at radius 2 is 2.08 bits per heavy atom. The van der Waals surface area contributed by atoms with Crippen LogP contribution in [0.25, 0.3) is 0 Å². The predicted molar refractivity (Wildman–Crippen MR) is 55.7 cm³/mol. The Kier molecular flexibility index (Phi) is 6.67. The van der Waals surface area contributed by atoms with Crippen molar-refractivity contribution < 1.29 is 0 Å². The summed E-state index contributed by atoms with van der Waals surface area (Å²) in [5, 5.41) is 3.33. The fourth-order valence-corrected chi connectivity index (χ4v) is 0.891. The Morgan fingerprint density at radius 3 is 2.50 bits per heavy atom. The molecule has 1 N–H and O–H groups in total. The molecule has 70 valence electrons. The smallest absolute Gasteiger partial charge is 0.0524 e. The normalized spacial score (nSPS) is 10.7. The molecule has 0 aliphatic heterocycles. The Balaban J connectivity index is 3.90. The zero-order chi connectivity index (χ0) is 9.40. The molecule has 0 spiro atoms.